The second-order valence-corrected chi connectivity index (χ2v) is 7.31. The van der Waals surface area contributed by atoms with Gasteiger partial charge < -0.3 is 9.64 Å². The van der Waals surface area contributed by atoms with Crippen LogP contribution in [0, 0.1) is 0 Å². The molecule has 5 nitrogen and oxygen atoms in total. The number of nitrogens with zero attached hydrogens (tertiary/aromatic N) is 3. The molecule has 4 aromatic rings. The smallest absolute Gasteiger partial charge is 0.254 e. The first-order chi connectivity index (χ1) is 14.8. The molecule has 3 heterocycles. The maximum absolute atomic E-state index is 13.6. The lowest BCUT2D eigenvalue weighted by Gasteiger charge is -2.33. The van der Waals surface area contributed by atoms with Crippen LogP contribution in [0.2, 0.25) is 0 Å². The zero-order valence-corrected chi connectivity index (χ0v) is 16.4. The fraction of sp³-hybridized carbons (Fsp3) is 0.160. The zero-order chi connectivity index (χ0) is 20.3. The van der Waals surface area contributed by atoms with E-state index in [0.717, 1.165) is 22.2 Å². The lowest BCUT2D eigenvalue weighted by Crippen LogP contribution is -2.42. The Labute approximate surface area is 175 Å². The lowest BCUT2D eigenvalue weighted by atomic mass is 10.0. The molecule has 1 atom stereocenters. The third-order valence-electron chi connectivity index (χ3n) is 5.40. The van der Waals surface area contributed by atoms with Crippen LogP contribution in [0.15, 0.2) is 85.1 Å². The highest BCUT2D eigenvalue weighted by Gasteiger charge is 2.27. The highest BCUT2D eigenvalue weighted by Crippen LogP contribution is 2.27. The number of ether oxygens (including phenoxy) is 1. The van der Waals surface area contributed by atoms with Crippen molar-refractivity contribution in [3.63, 3.8) is 0 Å². The summed E-state index contributed by atoms with van der Waals surface area (Å²) in [5.41, 5.74) is 3.97. The summed E-state index contributed by atoms with van der Waals surface area (Å²) >= 11 is 0. The summed E-state index contributed by atoms with van der Waals surface area (Å²) < 4.78 is 5.94. The number of carbonyl (C=O) groups is 1. The molecule has 1 amide bonds. The van der Waals surface area contributed by atoms with Crippen molar-refractivity contribution in [3.05, 3.63) is 96.2 Å². The Morgan fingerprint density at radius 2 is 1.73 bits per heavy atom. The van der Waals surface area contributed by atoms with Crippen LogP contribution in [0.25, 0.3) is 22.3 Å². The monoisotopic (exact) mass is 395 g/mol. The fourth-order valence-electron chi connectivity index (χ4n) is 3.87. The summed E-state index contributed by atoms with van der Waals surface area (Å²) in [6.45, 7) is 1.61. The molecule has 0 radical (unpaired) electrons. The van der Waals surface area contributed by atoms with Gasteiger partial charge in [0.1, 0.15) is 6.10 Å². The van der Waals surface area contributed by atoms with Gasteiger partial charge in [0, 0.05) is 18.1 Å². The Morgan fingerprint density at radius 1 is 0.933 bits per heavy atom. The van der Waals surface area contributed by atoms with Crippen molar-refractivity contribution in [1.29, 1.82) is 0 Å². The summed E-state index contributed by atoms with van der Waals surface area (Å²) in [5, 5.41) is 0.852. The van der Waals surface area contributed by atoms with Crippen LogP contribution in [0.4, 0.5) is 0 Å². The number of rotatable bonds is 3. The molecular formula is C25H21N3O2. The van der Waals surface area contributed by atoms with Crippen molar-refractivity contribution < 1.29 is 9.53 Å². The molecule has 0 N–H and O–H groups in total. The van der Waals surface area contributed by atoms with Gasteiger partial charge in [0.05, 0.1) is 35.6 Å². The molecule has 1 aliphatic heterocycles. The van der Waals surface area contributed by atoms with Crippen LogP contribution in [-0.2, 0) is 4.74 Å². The Hall–Kier alpha value is -3.57. The molecule has 1 aliphatic rings. The van der Waals surface area contributed by atoms with E-state index < -0.39 is 0 Å². The van der Waals surface area contributed by atoms with E-state index in [1.54, 1.807) is 6.20 Å². The topological polar surface area (TPSA) is 55.3 Å². The van der Waals surface area contributed by atoms with E-state index in [9.17, 15) is 4.79 Å². The molecule has 148 valence electrons. The minimum Gasteiger partial charge on any atom is -0.370 e. The van der Waals surface area contributed by atoms with Crippen molar-refractivity contribution >= 4 is 16.8 Å². The van der Waals surface area contributed by atoms with Crippen molar-refractivity contribution in [2.24, 2.45) is 0 Å². The number of benzene rings is 2. The Kier molecular flexibility index (Phi) is 4.95. The largest absolute Gasteiger partial charge is 0.370 e. The first-order valence-corrected chi connectivity index (χ1v) is 10.1. The van der Waals surface area contributed by atoms with E-state index in [2.05, 4.69) is 4.98 Å². The van der Waals surface area contributed by atoms with Crippen molar-refractivity contribution in [1.82, 2.24) is 14.9 Å². The molecule has 30 heavy (non-hydrogen) atoms. The maximum atomic E-state index is 13.6. The molecule has 0 bridgehead atoms. The molecule has 1 fully saturated rings. The molecule has 1 saturated heterocycles. The first kappa shape index (κ1) is 18.5. The highest BCUT2D eigenvalue weighted by atomic mass is 16.5. The van der Waals surface area contributed by atoms with Gasteiger partial charge in [-0.25, -0.2) is 4.98 Å². The van der Waals surface area contributed by atoms with E-state index in [-0.39, 0.29) is 12.0 Å². The average molecular weight is 395 g/mol. The fourth-order valence-corrected chi connectivity index (χ4v) is 3.87. The molecule has 2 aromatic carbocycles. The highest BCUT2D eigenvalue weighted by molar-refractivity contribution is 6.07. The minimum atomic E-state index is -0.118. The van der Waals surface area contributed by atoms with Gasteiger partial charge in [-0.2, -0.15) is 0 Å². The van der Waals surface area contributed by atoms with E-state index in [0.29, 0.717) is 31.0 Å². The molecule has 0 saturated carbocycles. The van der Waals surface area contributed by atoms with Gasteiger partial charge in [0.25, 0.3) is 5.91 Å². The van der Waals surface area contributed by atoms with E-state index in [1.165, 1.54) is 0 Å². The van der Waals surface area contributed by atoms with Gasteiger partial charge in [0.15, 0.2) is 0 Å². The predicted molar refractivity (Wildman–Crippen MR) is 116 cm³/mol. The van der Waals surface area contributed by atoms with Crippen molar-refractivity contribution in [3.8, 4) is 11.4 Å². The van der Waals surface area contributed by atoms with Crippen LogP contribution >= 0.6 is 0 Å². The van der Waals surface area contributed by atoms with E-state index in [1.807, 2.05) is 83.8 Å². The number of aromatic nitrogens is 2. The number of pyridine rings is 2. The second kappa shape index (κ2) is 8.05. The van der Waals surface area contributed by atoms with Crippen LogP contribution in [0.1, 0.15) is 22.0 Å². The molecule has 5 rings (SSSR count). The van der Waals surface area contributed by atoms with Crippen LogP contribution in [0.5, 0.6) is 0 Å². The summed E-state index contributed by atoms with van der Waals surface area (Å²) in [6.07, 6.45) is 1.62. The second-order valence-electron chi connectivity index (χ2n) is 7.31. The van der Waals surface area contributed by atoms with Gasteiger partial charge in [0.2, 0.25) is 0 Å². The standard InChI is InChI=1S/C25H21N3O2/c29-25(28-14-15-30-24(17-28)18-8-2-1-3-9-18)20-16-23(22-12-6-7-13-26-22)27-21-11-5-4-10-19(20)21/h1-13,16,24H,14-15,17H2/t24-/m1/s1. The van der Waals surface area contributed by atoms with Crippen LogP contribution < -0.4 is 0 Å². The van der Waals surface area contributed by atoms with Crippen molar-refractivity contribution in [2.45, 2.75) is 6.10 Å². The Morgan fingerprint density at radius 3 is 2.57 bits per heavy atom. The van der Waals surface area contributed by atoms with Gasteiger partial charge in [-0.1, -0.05) is 54.6 Å². The minimum absolute atomic E-state index is 0.00462. The molecule has 5 heteroatoms. The number of hydrogen-bond donors (Lipinski definition) is 0. The van der Waals surface area contributed by atoms with Gasteiger partial charge >= 0.3 is 0 Å². The zero-order valence-electron chi connectivity index (χ0n) is 16.4. The quantitative estimate of drug-likeness (QED) is 0.512. The first-order valence-electron chi connectivity index (χ1n) is 10.1. The number of morpholine rings is 1. The third kappa shape index (κ3) is 3.55. The van der Waals surface area contributed by atoms with Gasteiger partial charge in [-0.3, -0.25) is 9.78 Å². The van der Waals surface area contributed by atoms with Crippen molar-refractivity contribution in [2.75, 3.05) is 19.7 Å². The summed E-state index contributed by atoms with van der Waals surface area (Å²) in [5.74, 6) is -0.00462. The van der Waals surface area contributed by atoms with E-state index in [4.69, 9.17) is 9.72 Å². The Bertz CT molecular complexity index is 1180. The molecular weight excluding hydrogens is 374 g/mol. The molecule has 0 spiro atoms. The summed E-state index contributed by atoms with van der Waals surface area (Å²) in [7, 11) is 0. The van der Waals surface area contributed by atoms with Crippen LogP contribution in [-0.4, -0.2) is 40.5 Å². The summed E-state index contributed by atoms with van der Waals surface area (Å²) in [6, 6.07) is 25.4. The normalized spacial score (nSPS) is 16.5. The van der Waals surface area contributed by atoms with Crippen LogP contribution in [0.3, 0.4) is 0 Å². The number of carbonyl (C=O) groups excluding carboxylic acids is 1. The van der Waals surface area contributed by atoms with Gasteiger partial charge in [-0.15, -0.1) is 0 Å². The molecule has 0 unspecified atom stereocenters. The molecule has 0 aliphatic carbocycles. The Balaban J connectivity index is 1.52. The predicted octanol–water partition coefficient (Wildman–Crippen LogP) is 4.51. The third-order valence-corrected chi connectivity index (χ3v) is 5.40. The maximum Gasteiger partial charge on any atom is 0.254 e. The number of hydrogen-bond acceptors (Lipinski definition) is 4. The number of para-hydroxylation sites is 1. The van der Waals surface area contributed by atoms with E-state index >= 15 is 0 Å². The SMILES string of the molecule is O=C(c1cc(-c2ccccn2)nc2ccccc12)N1CCO[C@@H](c2ccccc2)C1. The lowest BCUT2D eigenvalue weighted by molar-refractivity contribution is -0.0227. The molecule has 2 aromatic heterocycles. The summed E-state index contributed by atoms with van der Waals surface area (Å²) in [4.78, 5) is 24.6. The number of amides is 1. The van der Waals surface area contributed by atoms with Gasteiger partial charge in [-0.05, 0) is 29.8 Å². The number of fused-ring (bicyclic) bond motifs is 1. The average Bonchev–Trinajstić information content (AvgIpc) is 2.84.